The summed E-state index contributed by atoms with van der Waals surface area (Å²) in [5.41, 5.74) is 2.02. The number of carbonyl (C=O) groups excluding carboxylic acids is 1. The van der Waals surface area contributed by atoms with Gasteiger partial charge in [-0.25, -0.2) is 0 Å². The molecule has 0 bridgehead atoms. The Hall–Kier alpha value is -2.44. The molecule has 122 valence electrons. The third kappa shape index (κ3) is 3.33. The minimum atomic E-state index is -0.0785. The molecule has 0 N–H and O–H groups in total. The molecule has 2 aromatic rings. The van der Waals surface area contributed by atoms with Crippen LogP contribution in [0.5, 0.6) is 5.88 Å². The van der Waals surface area contributed by atoms with Crippen molar-refractivity contribution in [2.75, 3.05) is 13.1 Å². The predicted octanol–water partition coefficient (Wildman–Crippen LogP) is 2.07. The lowest BCUT2D eigenvalue weighted by atomic mass is 10.1. The Labute approximate surface area is 134 Å². The Morgan fingerprint density at radius 1 is 1.30 bits per heavy atom. The standard InChI is InChI=1S/C16H20N4O3/c1-10-6-7-14(18-17-10)22-13-5-4-8-20(9-13)16(21)15-11(2)19-23-12(15)3/h6-7,13H,4-5,8-9H2,1-3H3. The predicted molar refractivity (Wildman–Crippen MR) is 82.3 cm³/mol. The first-order valence-corrected chi connectivity index (χ1v) is 7.73. The van der Waals surface area contributed by atoms with E-state index in [1.807, 2.05) is 13.0 Å². The lowest BCUT2D eigenvalue weighted by Crippen LogP contribution is -2.44. The number of hydrogen-bond acceptors (Lipinski definition) is 6. The Kier molecular flexibility index (Phi) is 4.27. The van der Waals surface area contributed by atoms with Crippen molar-refractivity contribution in [3.63, 3.8) is 0 Å². The van der Waals surface area contributed by atoms with Gasteiger partial charge in [-0.05, 0) is 39.7 Å². The molecule has 1 fully saturated rings. The van der Waals surface area contributed by atoms with Crippen LogP contribution in [0.2, 0.25) is 0 Å². The third-order valence-electron chi connectivity index (χ3n) is 3.97. The number of nitrogens with zero attached hydrogens (tertiary/aromatic N) is 4. The zero-order valence-electron chi connectivity index (χ0n) is 13.6. The molecule has 23 heavy (non-hydrogen) atoms. The van der Waals surface area contributed by atoms with Crippen LogP contribution in [0.1, 0.15) is 40.3 Å². The van der Waals surface area contributed by atoms with Crippen molar-refractivity contribution < 1.29 is 14.1 Å². The lowest BCUT2D eigenvalue weighted by Gasteiger charge is -2.32. The second-order valence-electron chi connectivity index (χ2n) is 5.85. The van der Waals surface area contributed by atoms with Crippen molar-refractivity contribution in [2.24, 2.45) is 0 Å². The molecule has 1 unspecified atom stereocenters. The van der Waals surface area contributed by atoms with Crippen LogP contribution in [-0.4, -0.2) is 45.4 Å². The van der Waals surface area contributed by atoms with E-state index < -0.39 is 0 Å². The molecule has 0 aromatic carbocycles. The fourth-order valence-corrected chi connectivity index (χ4v) is 2.79. The average Bonchev–Trinajstić information content (AvgIpc) is 2.88. The van der Waals surface area contributed by atoms with E-state index in [1.165, 1.54) is 0 Å². The van der Waals surface area contributed by atoms with Gasteiger partial charge in [0.05, 0.1) is 17.9 Å². The summed E-state index contributed by atoms with van der Waals surface area (Å²) in [6.45, 7) is 6.65. The Balaban J connectivity index is 1.68. The van der Waals surface area contributed by atoms with Gasteiger partial charge in [-0.2, -0.15) is 5.10 Å². The van der Waals surface area contributed by atoms with Crippen LogP contribution in [0.3, 0.4) is 0 Å². The van der Waals surface area contributed by atoms with E-state index in [9.17, 15) is 4.79 Å². The molecular formula is C16H20N4O3. The van der Waals surface area contributed by atoms with Gasteiger partial charge < -0.3 is 14.2 Å². The van der Waals surface area contributed by atoms with Crippen LogP contribution in [0.4, 0.5) is 0 Å². The van der Waals surface area contributed by atoms with Gasteiger partial charge in [-0.1, -0.05) is 5.16 Å². The summed E-state index contributed by atoms with van der Waals surface area (Å²) < 4.78 is 11.0. The highest BCUT2D eigenvalue weighted by molar-refractivity contribution is 5.96. The largest absolute Gasteiger partial charge is 0.471 e. The van der Waals surface area contributed by atoms with Gasteiger partial charge in [0.1, 0.15) is 17.4 Å². The molecule has 0 aliphatic carbocycles. The SMILES string of the molecule is Cc1ccc(OC2CCCN(C(=O)c3c(C)noc3C)C2)nn1. The zero-order valence-corrected chi connectivity index (χ0v) is 13.6. The Morgan fingerprint density at radius 3 is 2.78 bits per heavy atom. The summed E-state index contributed by atoms with van der Waals surface area (Å²) in [5, 5.41) is 11.9. The first-order valence-electron chi connectivity index (χ1n) is 7.73. The van der Waals surface area contributed by atoms with Crippen molar-refractivity contribution in [1.29, 1.82) is 0 Å². The van der Waals surface area contributed by atoms with Gasteiger partial charge in [0.25, 0.3) is 5.91 Å². The molecule has 0 spiro atoms. The molecule has 7 nitrogen and oxygen atoms in total. The second-order valence-corrected chi connectivity index (χ2v) is 5.85. The average molecular weight is 316 g/mol. The van der Waals surface area contributed by atoms with E-state index in [0.29, 0.717) is 36.0 Å². The fraction of sp³-hybridized carbons (Fsp3) is 0.500. The van der Waals surface area contributed by atoms with Gasteiger partial charge >= 0.3 is 0 Å². The normalized spacial score (nSPS) is 18.0. The van der Waals surface area contributed by atoms with E-state index in [0.717, 1.165) is 18.5 Å². The van der Waals surface area contributed by atoms with E-state index in [4.69, 9.17) is 9.26 Å². The molecular weight excluding hydrogens is 296 g/mol. The highest BCUT2D eigenvalue weighted by Gasteiger charge is 2.29. The van der Waals surface area contributed by atoms with Crippen molar-refractivity contribution in [1.82, 2.24) is 20.3 Å². The maximum atomic E-state index is 12.7. The number of hydrogen-bond donors (Lipinski definition) is 0. The maximum Gasteiger partial charge on any atom is 0.259 e. The van der Waals surface area contributed by atoms with Gasteiger partial charge in [-0.15, -0.1) is 5.10 Å². The summed E-state index contributed by atoms with van der Waals surface area (Å²) in [6, 6.07) is 3.66. The summed E-state index contributed by atoms with van der Waals surface area (Å²) in [6.07, 6.45) is 1.70. The first-order chi connectivity index (χ1) is 11.0. The monoisotopic (exact) mass is 316 g/mol. The molecule has 3 heterocycles. The van der Waals surface area contributed by atoms with Crippen LogP contribution >= 0.6 is 0 Å². The molecule has 7 heteroatoms. The van der Waals surface area contributed by atoms with Crippen LogP contribution in [0.15, 0.2) is 16.7 Å². The molecule has 1 amide bonds. The van der Waals surface area contributed by atoms with Crippen LogP contribution in [0.25, 0.3) is 0 Å². The van der Waals surface area contributed by atoms with Gasteiger partial charge in [0.15, 0.2) is 0 Å². The topological polar surface area (TPSA) is 81.4 Å². The Morgan fingerprint density at radius 2 is 2.13 bits per heavy atom. The highest BCUT2D eigenvalue weighted by Crippen LogP contribution is 2.21. The van der Waals surface area contributed by atoms with E-state index in [2.05, 4.69) is 15.4 Å². The van der Waals surface area contributed by atoms with Gasteiger partial charge in [0, 0.05) is 12.6 Å². The fourth-order valence-electron chi connectivity index (χ4n) is 2.79. The number of rotatable bonds is 3. The number of likely N-dealkylation sites (tertiary alicyclic amines) is 1. The van der Waals surface area contributed by atoms with Gasteiger partial charge in [0.2, 0.25) is 5.88 Å². The van der Waals surface area contributed by atoms with E-state index >= 15 is 0 Å². The number of carbonyl (C=O) groups is 1. The van der Waals surface area contributed by atoms with Crippen molar-refractivity contribution in [3.05, 3.63) is 34.8 Å². The van der Waals surface area contributed by atoms with E-state index in [1.54, 1.807) is 24.8 Å². The summed E-state index contributed by atoms with van der Waals surface area (Å²) in [5.74, 6) is 0.997. The molecule has 1 saturated heterocycles. The molecule has 0 saturated carbocycles. The number of amides is 1. The smallest absolute Gasteiger partial charge is 0.259 e. The van der Waals surface area contributed by atoms with Crippen LogP contribution in [-0.2, 0) is 0 Å². The summed E-state index contributed by atoms with van der Waals surface area (Å²) in [4.78, 5) is 14.5. The lowest BCUT2D eigenvalue weighted by molar-refractivity contribution is 0.0523. The van der Waals surface area contributed by atoms with Crippen molar-refractivity contribution in [2.45, 2.75) is 39.7 Å². The van der Waals surface area contributed by atoms with Crippen LogP contribution in [0, 0.1) is 20.8 Å². The first kappa shape index (κ1) is 15.5. The molecule has 1 aliphatic heterocycles. The molecule has 2 aromatic heterocycles. The highest BCUT2D eigenvalue weighted by atomic mass is 16.5. The minimum absolute atomic E-state index is 0.0514. The van der Waals surface area contributed by atoms with Crippen molar-refractivity contribution in [3.8, 4) is 5.88 Å². The quantitative estimate of drug-likeness (QED) is 0.862. The number of aryl methyl sites for hydroxylation is 3. The second kappa shape index (κ2) is 6.36. The van der Waals surface area contributed by atoms with Gasteiger partial charge in [-0.3, -0.25) is 4.79 Å². The number of piperidine rings is 1. The number of ether oxygens (including phenoxy) is 1. The molecule has 1 aliphatic rings. The minimum Gasteiger partial charge on any atom is -0.471 e. The molecule has 0 radical (unpaired) electrons. The summed E-state index contributed by atoms with van der Waals surface area (Å²) >= 11 is 0. The summed E-state index contributed by atoms with van der Waals surface area (Å²) in [7, 11) is 0. The third-order valence-corrected chi connectivity index (χ3v) is 3.97. The van der Waals surface area contributed by atoms with E-state index in [-0.39, 0.29) is 12.0 Å². The Bertz CT molecular complexity index is 676. The van der Waals surface area contributed by atoms with Crippen molar-refractivity contribution >= 4 is 5.91 Å². The van der Waals surface area contributed by atoms with Crippen LogP contribution < -0.4 is 4.74 Å². The number of aromatic nitrogens is 3. The zero-order chi connectivity index (χ0) is 16.4. The maximum absolute atomic E-state index is 12.7. The molecule has 3 rings (SSSR count). The molecule has 1 atom stereocenters.